The number of pyridine rings is 1. The van der Waals surface area contributed by atoms with Crippen LogP contribution in [0.1, 0.15) is 19.4 Å². The van der Waals surface area contributed by atoms with Gasteiger partial charge < -0.3 is 15.4 Å². The molecule has 0 amide bonds. The highest BCUT2D eigenvalue weighted by Gasteiger charge is 2.10. The molecule has 0 aromatic carbocycles. The van der Waals surface area contributed by atoms with Gasteiger partial charge in [0.1, 0.15) is 11.7 Å². The summed E-state index contributed by atoms with van der Waals surface area (Å²) in [5.74, 6) is 1.44. The number of nitrogen functional groups attached to an aromatic ring is 1. The smallest absolute Gasteiger partial charge is 0.129 e. The van der Waals surface area contributed by atoms with E-state index in [1.165, 1.54) is 0 Å². The van der Waals surface area contributed by atoms with Crippen molar-refractivity contribution in [1.29, 1.82) is 5.41 Å². The van der Waals surface area contributed by atoms with Gasteiger partial charge in [-0.2, -0.15) is 0 Å². The van der Waals surface area contributed by atoms with Crippen LogP contribution >= 0.6 is 0 Å². The Balaban J connectivity index is 2.89. The largest absolute Gasteiger partial charge is 0.384 e. The van der Waals surface area contributed by atoms with Crippen LogP contribution in [0.3, 0.4) is 0 Å². The molecule has 0 aliphatic heterocycles. The maximum absolute atomic E-state index is 7.46. The van der Waals surface area contributed by atoms with E-state index in [1.54, 1.807) is 19.4 Å². The summed E-state index contributed by atoms with van der Waals surface area (Å²) in [7, 11) is 1.69. The van der Waals surface area contributed by atoms with E-state index in [4.69, 9.17) is 15.9 Å². The zero-order valence-corrected chi connectivity index (χ0v) is 11.3. The summed E-state index contributed by atoms with van der Waals surface area (Å²) < 4.78 is 5.12. The van der Waals surface area contributed by atoms with Crippen molar-refractivity contribution >= 4 is 11.7 Å². The summed E-state index contributed by atoms with van der Waals surface area (Å²) in [6.45, 7) is 6.66. The molecule has 5 nitrogen and oxygen atoms in total. The molecule has 0 saturated heterocycles. The molecule has 1 aromatic rings. The van der Waals surface area contributed by atoms with Crippen LogP contribution in [0.5, 0.6) is 0 Å². The Morgan fingerprint density at radius 3 is 2.83 bits per heavy atom. The number of anilines is 1. The van der Waals surface area contributed by atoms with Crippen molar-refractivity contribution < 1.29 is 4.74 Å². The highest BCUT2D eigenvalue weighted by Crippen LogP contribution is 2.14. The fourth-order valence-electron chi connectivity index (χ4n) is 1.70. The van der Waals surface area contributed by atoms with Crippen LogP contribution < -0.4 is 10.6 Å². The molecule has 100 valence electrons. The van der Waals surface area contributed by atoms with E-state index in [2.05, 4.69) is 23.7 Å². The van der Waals surface area contributed by atoms with Gasteiger partial charge in [0.05, 0.1) is 6.61 Å². The molecule has 18 heavy (non-hydrogen) atoms. The molecule has 0 unspecified atom stereocenters. The molecule has 0 aliphatic carbocycles. The predicted molar refractivity (Wildman–Crippen MR) is 74.2 cm³/mol. The lowest BCUT2D eigenvalue weighted by Crippen LogP contribution is -2.32. The number of nitrogens with one attached hydrogen (secondary N) is 1. The van der Waals surface area contributed by atoms with Gasteiger partial charge in [0.15, 0.2) is 0 Å². The van der Waals surface area contributed by atoms with Crippen molar-refractivity contribution in [1.82, 2.24) is 4.98 Å². The summed E-state index contributed by atoms with van der Waals surface area (Å²) >= 11 is 0. The zero-order valence-electron chi connectivity index (χ0n) is 11.3. The first-order chi connectivity index (χ1) is 8.54. The van der Waals surface area contributed by atoms with E-state index in [0.717, 1.165) is 18.9 Å². The Morgan fingerprint density at radius 2 is 2.28 bits per heavy atom. The molecule has 0 radical (unpaired) electrons. The molecule has 3 N–H and O–H groups in total. The lowest BCUT2D eigenvalue weighted by atomic mass is 10.2. The van der Waals surface area contributed by atoms with Crippen molar-refractivity contribution in [3.8, 4) is 0 Å². The van der Waals surface area contributed by atoms with Crippen LogP contribution in [0.25, 0.3) is 0 Å². The van der Waals surface area contributed by atoms with Gasteiger partial charge in [-0.3, -0.25) is 5.41 Å². The summed E-state index contributed by atoms with van der Waals surface area (Å²) in [6.07, 6.45) is 1.69. The van der Waals surface area contributed by atoms with E-state index in [-0.39, 0.29) is 5.84 Å². The zero-order chi connectivity index (χ0) is 13.5. The van der Waals surface area contributed by atoms with Crippen molar-refractivity contribution in [3.05, 3.63) is 23.9 Å². The quantitative estimate of drug-likeness (QED) is 0.567. The highest BCUT2D eigenvalue weighted by molar-refractivity contribution is 5.95. The number of ether oxygens (including phenoxy) is 1. The maximum Gasteiger partial charge on any atom is 0.129 e. The van der Waals surface area contributed by atoms with Gasteiger partial charge in [-0.15, -0.1) is 0 Å². The maximum atomic E-state index is 7.46. The Bertz CT molecular complexity index is 392. The first kappa shape index (κ1) is 14.4. The molecule has 1 aromatic heterocycles. The molecule has 0 spiro atoms. The third kappa shape index (κ3) is 4.33. The standard InChI is InChI=1S/C13H22N4O/c1-10(2)9-17(6-7-18-3)12-8-11(13(14)15)4-5-16-12/h4-5,8,10H,6-7,9H2,1-3H3,(H3,14,15). The number of amidine groups is 1. The second-order valence-electron chi connectivity index (χ2n) is 4.65. The van der Waals surface area contributed by atoms with Crippen LogP contribution in [0.4, 0.5) is 5.82 Å². The van der Waals surface area contributed by atoms with Gasteiger partial charge in [0.2, 0.25) is 0 Å². The molecule has 0 bridgehead atoms. The Morgan fingerprint density at radius 1 is 1.56 bits per heavy atom. The van der Waals surface area contributed by atoms with Crippen molar-refractivity contribution in [2.45, 2.75) is 13.8 Å². The number of methoxy groups -OCH3 is 1. The lowest BCUT2D eigenvalue weighted by Gasteiger charge is -2.25. The summed E-state index contributed by atoms with van der Waals surface area (Å²) in [5, 5.41) is 7.46. The van der Waals surface area contributed by atoms with Gasteiger partial charge >= 0.3 is 0 Å². The van der Waals surface area contributed by atoms with Crippen LogP contribution in [-0.4, -0.2) is 37.6 Å². The minimum Gasteiger partial charge on any atom is -0.384 e. The average Bonchev–Trinajstić information content (AvgIpc) is 2.34. The third-order valence-electron chi connectivity index (χ3n) is 2.53. The SMILES string of the molecule is COCCN(CC(C)C)c1cc(C(=N)N)ccn1. The first-order valence-electron chi connectivity index (χ1n) is 6.09. The molecule has 5 heteroatoms. The Hall–Kier alpha value is -1.62. The molecule has 0 atom stereocenters. The van der Waals surface area contributed by atoms with E-state index < -0.39 is 0 Å². The van der Waals surface area contributed by atoms with E-state index in [1.807, 2.05) is 6.07 Å². The average molecular weight is 250 g/mol. The lowest BCUT2D eigenvalue weighted by molar-refractivity contribution is 0.204. The van der Waals surface area contributed by atoms with Crippen LogP contribution in [-0.2, 0) is 4.74 Å². The topological polar surface area (TPSA) is 75.2 Å². The van der Waals surface area contributed by atoms with Crippen molar-refractivity contribution in [3.63, 3.8) is 0 Å². The summed E-state index contributed by atoms with van der Waals surface area (Å²) in [5.41, 5.74) is 6.20. The minimum absolute atomic E-state index is 0.0647. The fraction of sp³-hybridized carbons (Fsp3) is 0.538. The van der Waals surface area contributed by atoms with Gasteiger partial charge in [-0.05, 0) is 18.1 Å². The van der Waals surface area contributed by atoms with Crippen LogP contribution in [0.15, 0.2) is 18.3 Å². The molecule has 0 saturated carbocycles. The number of aromatic nitrogens is 1. The number of nitrogens with zero attached hydrogens (tertiary/aromatic N) is 2. The minimum atomic E-state index is 0.0647. The van der Waals surface area contributed by atoms with Gasteiger partial charge in [0, 0.05) is 32.0 Å². The highest BCUT2D eigenvalue weighted by atomic mass is 16.5. The molecular weight excluding hydrogens is 228 g/mol. The van der Waals surface area contributed by atoms with Gasteiger partial charge in [0.25, 0.3) is 0 Å². The van der Waals surface area contributed by atoms with E-state index in [0.29, 0.717) is 18.1 Å². The second kappa shape index (κ2) is 6.96. The van der Waals surface area contributed by atoms with Crippen LogP contribution in [0, 0.1) is 11.3 Å². The second-order valence-corrected chi connectivity index (χ2v) is 4.65. The monoisotopic (exact) mass is 250 g/mol. The number of nitrogens with two attached hydrogens (primary N) is 1. The third-order valence-corrected chi connectivity index (χ3v) is 2.53. The van der Waals surface area contributed by atoms with E-state index >= 15 is 0 Å². The van der Waals surface area contributed by atoms with E-state index in [9.17, 15) is 0 Å². The summed E-state index contributed by atoms with van der Waals surface area (Å²) in [4.78, 5) is 6.50. The number of rotatable bonds is 7. The van der Waals surface area contributed by atoms with Gasteiger partial charge in [-0.25, -0.2) is 4.98 Å². The Kier molecular flexibility index (Phi) is 5.58. The predicted octanol–water partition coefficient (Wildman–Crippen LogP) is 1.47. The molecule has 0 fully saturated rings. The van der Waals surface area contributed by atoms with Crippen molar-refractivity contribution in [2.75, 3.05) is 31.7 Å². The fourth-order valence-corrected chi connectivity index (χ4v) is 1.70. The molecular formula is C13H22N4O. The molecule has 1 heterocycles. The van der Waals surface area contributed by atoms with Crippen LogP contribution in [0.2, 0.25) is 0 Å². The molecule has 0 aliphatic rings. The number of hydrogen-bond acceptors (Lipinski definition) is 4. The normalized spacial score (nSPS) is 10.7. The number of hydrogen-bond donors (Lipinski definition) is 2. The summed E-state index contributed by atoms with van der Waals surface area (Å²) in [6, 6.07) is 3.59. The van der Waals surface area contributed by atoms with Crippen molar-refractivity contribution in [2.24, 2.45) is 11.7 Å². The molecule has 1 rings (SSSR count). The first-order valence-corrected chi connectivity index (χ1v) is 6.09. The van der Waals surface area contributed by atoms with Gasteiger partial charge in [-0.1, -0.05) is 13.8 Å². The Labute approximate surface area is 108 Å².